The third-order valence-electron chi connectivity index (χ3n) is 3.61. The highest BCUT2D eigenvalue weighted by molar-refractivity contribution is 6.30. The van der Waals surface area contributed by atoms with Crippen molar-refractivity contribution in [2.45, 2.75) is 32.2 Å². The van der Waals surface area contributed by atoms with Crippen molar-refractivity contribution in [1.82, 2.24) is 5.32 Å². The van der Waals surface area contributed by atoms with Crippen molar-refractivity contribution in [1.29, 1.82) is 0 Å². The van der Waals surface area contributed by atoms with Crippen LogP contribution in [0.3, 0.4) is 0 Å². The molecular weight excluding hydrogens is 282 g/mol. The van der Waals surface area contributed by atoms with Gasteiger partial charge in [0.1, 0.15) is 0 Å². The minimum atomic E-state index is -0.0160. The third kappa shape index (κ3) is 4.61. The number of carbonyl (C=O) groups is 1. The number of halogens is 1. The number of amides is 1. The number of rotatable bonds is 5. The van der Waals surface area contributed by atoms with Gasteiger partial charge in [-0.05, 0) is 36.1 Å². The van der Waals surface area contributed by atoms with Gasteiger partial charge >= 0.3 is 0 Å². The summed E-state index contributed by atoms with van der Waals surface area (Å²) in [6.07, 6.45) is 0.488. The molecule has 0 radical (unpaired) electrons. The first-order valence-corrected chi connectivity index (χ1v) is 7.54. The lowest BCUT2D eigenvalue weighted by Crippen LogP contribution is -2.27. The SMILES string of the molecule is C[C@@H](CC(=O)N[C@H](C)c1ccc(Cl)cc1)c1ccccc1. The molecule has 1 amide bonds. The number of benzene rings is 2. The second-order valence-corrected chi connectivity index (χ2v) is 5.79. The average molecular weight is 302 g/mol. The molecule has 110 valence electrons. The summed E-state index contributed by atoms with van der Waals surface area (Å²) in [5.74, 6) is 0.275. The first-order chi connectivity index (χ1) is 10.1. The zero-order valence-electron chi connectivity index (χ0n) is 12.3. The Labute approximate surface area is 131 Å². The Hall–Kier alpha value is -1.80. The first-order valence-electron chi connectivity index (χ1n) is 7.16. The van der Waals surface area contributed by atoms with Crippen LogP contribution in [0.1, 0.15) is 43.4 Å². The van der Waals surface area contributed by atoms with Gasteiger partial charge in [0.25, 0.3) is 0 Å². The first kappa shape index (κ1) is 15.6. The Morgan fingerprint density at radius 3 is 2.24 bits per heavy atom. The molecule has 2 aromatic rings. The summed E-state index contributed by atoms with van der Waals surface area (Å²) in [5.41, 5.74) is 2.24. The molecule has 0 aliphatic heterocycles. The van der Waals surface area contributed by atoms with Crippen LogP contribution in [0.4, 0.5) is 0 Å². The summed E-state index contributed by atoms with van der Waals surface area (Å²) in [5, 5.41) is 3.74. The van der Waals surface area contributed by atoms with E-state index in [1.54, 1.807) is 0 Å². The molecule has 1 N–H and O–H groups in total. The van der Waals surface area contributed by atoms with Crippen LogP contribution in [-0.2, 0) is 4.79 Å². The molecule has 0 aliphatic carbocycles. The van der Waals surface area contributed by atoms with Gasteiger partial charge in [-0.3, -0.25) is 4.79 Å². The fourth-order valence-electron chi connectivity index (χ4n) is 2.31. The monoisotopic (exact) mass is 301 g/mol. The Kier molecular flexibility index (Phi) is 5.40. The lowest BCUT2D eigenvalue weighted by Gasteiger charge is -2.17. The van der Waals surface area contributed by atoms with Gasteiger partial charge in [-0.2, -0.15) is 0 Å². The van der Waals surface area contributed by atoms with Gasteiger partial charge in [-0.25, -0.2) is 0 Å². The molecule has 0 spiro atoms. The maximum Gasteiger partial charge on any atom is 0.221 e. The molecule has 0 saturated heterocycles. The molecule has 0 fully saturated rings. The maximum absolute atomic E-state index is 12.1. The summed E-state index contributed by atoms with van der Waals surface area (Å²) in [6, 6.07) is 17.6. The zero-order valence-corrected chi connectivity index (χ0v) is 13.1. The minimum Gasteiger partial charge on any atom is -0.350 e. The number of nitrogens with one attached hydrogen (secondary N) is 1. The van der Waals surface area contributed by atoms with Crippen LogP contribution in [0, 0.1) is 0 Å². The largest absolute Gasteiger partial charge is 0.350 e. The van der Waals surface area contributed by atoms with E-state index in [-0.39, 0.29) is 17.9 Å². The van der Waals surface area contributed by atoms with Crippen LogP contribution in [0.5, 0.6) is 0 Å². The van der Waals surface area contributed by atoms with Gasteiger partial charge < -0.3 is 5.32 Å². The van der Waals surface area contributed by atoms with Crippen molar-refractivity contribution < 1.29 is 4.79 Å². The van der Waals surface area contributed by atoms with E-state index in [1.165, 1.54) is 5.56 Å². The summed E-state index contributed by atoms with van der Waals surface area (Å²) in [7, 11) is 0. The van der Waals surface area contributed by atoms with Crippen molar-refractivity contribution in [3.63, 3.8) is 0 Å². The molecule has 0 saturated carbocycles. The van der Waals surface area contributed by atoms with E-state index in [0.29, 0.717) is 11.4 Å². The second-order valence-electron chi connectivity index (χ2n) is 5.36. The number of hydrogen-bond donors (Lipinski definition) is 1. The molecule has 0 unspecified atom stereocenters. The predicted octanol–water partition coefficient (Wildman–Crippen LogP) is 4.71. The molecule has 3 heteroatoms. The smallest absolute Gasteiger partial charge is 0.221 e. The van der Waals surface area contributed by atoms with E-state index in [1.807, 2.05) is 49.4 Å². The number of carbonyl (C=O) groups excluding carboxylic acids is 1. The summed E-state index contributed by atoms with van der Waals surface area (Å²) >= 11 is 5.87. The van der Waals surface area contributed by atoms with E-state index in [4.69, 9.17) is 11.6 Å². The summed E-state index contributed by atoms with van der Waals surface area (Å²) < 4.78 is 0. The lowest BCUT2D eigenvalue weighted by atomic mass is 9.97. The second kappa shape index (κ2) is 7.28. The van der Waals surface area contributed by atoms with E-state index in [2.05, 4.69) is 24.4 Å². The fraction of sp³-hybridized carbons (Fsp3) is 0.278. The third-order valence-corrected chi connectivity index (χ3v) is 3.86. The van der Waals surface area contributed by atoms with Gasteiger partial charge in [-0.1, -0.05) is 61.0 Å². The van der Waals surface area contributed by atoms with Crippen molar-refractivity contribution in [2.75, 3.05) is 0 Å². The summed E-state index contributed by atoms with van der Waals surface area (Å²) in [4.78, 5) is 12.1. The van der Waals surface area contributed by atoms with Gasteiger partial charge in [-0.15, -0.1) is 0 Å². The van der Waals surface area contributed by atoms with Crippen LogP contribution in [-0.4, -0.2) is 5.91 Å². The van der Waals surface area contributed by atoms with Crippen LogP contribution in [0.2, 0.25) is 5.02 Å². The Morgan fingerprint density at radius 2 is 1.62 bits per heavy atom. The molecule has 2 nitrogen and oxygen atoms in total. The molecular formula is C18H20ClNO. The molecule has 2 atom stereocenters. The maximum atomic E-state index is 12.1. The fourth-order valence-corrected chi connectivity index (χ4v) is 2.44. The molecule has 2 rings (SSSR count). The van der Waals surface area contributed by atoms with Crippen LogP contribution in [0.25, 0.3) is 0 Å². The Bertz CT molecular complexity index is 580. The van der Waals surface area contributed by atoms with Crippen molar-refractivity contribution in [3.8, 4) is 0 Å². The summed E-state index contributed by atoms with van der Waals surface area (Å²) in [6.45, 7) is 4.05. The highest BCUT2D eigenvalue weighted by atomic mass is 35.5. The highest BCUT2D eigenvalue weighted by Crippen LogP contribution is 2.20. The van der Waals surface area contributed by atoms with Gasteiger partial charge in [0.15, 0.2) is 0 Å². The molecule has 0 heterocycles. The van der Waals surface area contributed by atoms with Crippen molar-refractivity contribution >= 4 is 17.5 Å². The molecule has 0 aliphatic rings. The van der Waals surface area contributed by atoms with Crippen molar-refractivity contribution in [3.05, 3.63) is 70.7 Å². The molecule has 2 aromatic carbocycles. The molecule has 0 bridgehead atoms. The minimum absolute atomic E-state index is 0.0160. The quantitative estimate of drug-likeness (QED) is 0.851. The van der Waals surface area contributed by atoms with Crippen molar-refractivity contribution in [2.24, 2.45) is 0 Å². The molecule has 0 aromatic heterocycles. The normalized spacial score (nSPS) is 13.5. The highest BCUT2D eigenvalue weighted by Gasteiger charge is 2.14. The predicted molar refractivity (Wildman–Crippen MR) is 87.5 cm³/mol. The zero-order chi connectivity index (χ0) is 15.2. The van der Waals surface area contributed by atoms with E-state index < -0.39 is 0 Å². The molecule has 21 heavy (non-hydrogen) atoms. The standard InChI is InChI=1S/C18H20ClNO/c1-13(15-6-4-3-5-7-15)12-18(21)20-14(2)16-8-10-17(19)11-9-16/h3-11,13-14H,12H2,1-2H3,(H,20,21)/t13-,14+/m0/s1. The van der Waals surface area contributed by atoms with Gasteiger partial charge in [0, 0.05) is 11.4 Å². The van der Waals surface area contributed by atoms with Crippen LogP contribution < -0.4 is 5.32 Å². The topological polar surface area (TPSA) is 29.1 Å². The van der Waals surface area contributed by atoms with Gasteiger partial charge in [0.2, 0.25) is 5.91 Å². The van der Waals surface area contributed by atoms with Gasteiger partial charge in [0.05, 0.1) is 6.04 Å². The Morgan fingerprint density at radius 1 is 1.00 bits per heavy atom. The lowest BCUT2D eigenvalue weighted by molar-refractivity contribution is -0.122. The average Bonchev–Trinajstić information content (AvgIpc) is 2.48. The van der Waals surface area contributed by atoms with E-state index in [9.17, 15) is 4.79 Å². The van der Waals surface area contributed by atoms with Crippen LogP contribution in [0.15, 0.2) is 54.6 Å². The van der Waals surface area contributed by atoms with Crippen LogP contribution >= 0.6 is 11.6 Å². The number of hydrogen-bond acceptors (Lipinski definition) is 1. The van der Waals surface area contributed by atoms with E-state index >= 15 is 0 Å². The van der Waals surface area contributed by atoms with E-state index in [0.717, 1.165) is 5.56 Å². The Balaban J connectivity index is 1.91.